The van der Waals surface area contributed by atoms with Gasteiger partial charge in [-0.25, -0.2) is 0 Å². The Balaban J connectivity index is 2.83. The fraction of sp³-hybridized carbons (Fsp3) is 0.524. The Labute approximate surface area is 181 Å². The number of carbonyl (C=O) groups excluding carboxylic acids is 3. The number of benzene rings is 1. The number of amides is 3. The van der Waals surface area contributed by atoms with Gasteiger partial charge in [-0.05, 0) is 31.7 Å². The summed E-state index contributed by atoms with van der Waals surface area (Å²) < 4.78 is 0. The molecule has 172 valence electrons. The quantitative estimate of drug-likeness (QED) is 0.262. The first kappa shape index (κ1) is 26.1. The molecule has 1 rings (SSSR count). The third-order valence-corrected chi connectivity index (χ3v) is 4.67. The van der Waals surface area contributed by atoms with Crippen molar-refractivity contribution in [3.05, 3.63) is 35.9 Å². The summed E-state index contributed by atoms with van der Waals surface area (Å²) >= 11 is 0. The SMILES string of the molecule is CC(NC(=O)C(NC(=O)C(NC(=O)C(N)Cc1ccccc1)C(C)C)C(C)O)C(=O)O. The van der Waals surface area contributed by atoms with Crippen molar-refractivity contribution >= 4 is 23.7 Å². The van der Waals surface area contributed by atoms with E-state index in [1.165, 1.54) is 13.8 Å². The summed E-state index contributed by atoms with van der Waals surface area (Å²) in [6.45, 7) is 5.95. The number of hydrogen-bond donors (Lipinski definition) is 6. The van der Waals surface area contributed by atoms with E-state index < -0.39 is 54.0 Å². The van der Waals surface area contributed by atoms with E-state index in [4.69, 9.17) is 10.8 Å². The monoisotopic (exact) mass is 436 g/mol. The zero-order valence-corrected chi connectivity index (χ0v) is 18.2. The fourth-order valence-corrected chi connectivity index (χ4v) is 2.77. The molecule has 0 aliphatic rings. The summed E-state index contributed by atoms with van der Waals surface area (Å²) in [5.74, 6) is -3.69. The zero-order chi connectivity index (χ0) is 23.7. The predicted molar refractivity (Wildman–Crippen MR) is 114 cm³/mol. The number of aliphatic carboxylic acids is 1. The first-order valence-corrected chi connectivity index (χ1v) is 10.1. The number of aliphatic hydroxyl groups is 1. The van der Waals surface area contributed by atoms with E-state index in [0.29, 0.717) is 0 Å². The van der Waals surface area contributed by atoms with Crippen molar-refractivity contribution in [3.8, 4) is 0 Å². The molecule has 0 radical (unpaired) electrons. The van der Waals surface area contributed by atoms with Gasteiger partial charge in [0, 0.05) is 0 Å². The van der Waals surface area contributed by atoms with E-state index in [1.54, 1.807) is 13.8 Å². The molecule has 0 aromatic heterocycles. The molecule has 0 saturated carbocycles. The van der Waals surface area contributed by atoms with Gasteiger partial charge in [0.25, 0.3) is 0 Å². The van der Waals surface area contributed by atoms with Gasteiger partial charge in [0.15, 0.2) is 0 Å². The molecule has 1 aromatic rings. The highest BCUT2D eigenvalue weighted by molar-refractivity contribution is 5.94. The molecule has 7 N–H and O–H groups in total. The number of aliphatic hydroxyl groups excluding tert-OH is 1. The van der Waals surface area contributed by atoms with Crippen molar-refractivity contribution < 1.29 is 29.4 Å². The highest BCUT2D eigenvalue weighted by Gasteiger charge is 2.33. The van der Waals surface area contributed by atoms with Crippen LogP contribution in [0.15, 0.2) is 30.3 Å². The van der Waals surface area contributed by atoms with Crippen LogP contribution in [-0.4, -0.2) is 64.2 Å². The third kappa shape index (κ3) is 8.35. The van der Waals surface area contributed by atoms with Crippen LogP contribution in [0.25, 0.3) is 0 Å². The largest absolute Gasteiger partial charge is 0.480 e. The minimum Gasteiger partial charge on any atom is -0.480 e. The van der Waals surface area contributed by atoms with E-state index in [-0.39, 0.29) is 12.3 Å². The van der Waals surface area contributed by atoms with E-state index in [2.05, 4.69) is 16.0 Å². The standard InChI is InChI=1S/C21H32N4O6/c1-11(2)16(24-18(27)15(22)10-14-8-6-5-7-9-14)19(28)25-17(13(4)26)20(29)23-12(3)21(30)31/h5-9,11-13,15-17,26H,10,22H2,1-4H3,(H,23,29)(H,24,27)(H,25,28)(H,30,31). The van der Waals surface area contributed by atoms with Crippen molar-refractivity contribution in [2.75, 3.05) is 0 Å². The van der Waals surface area contributed by atoms with Crippen LogP contribution >= 0.6 is 0 Å². The van der Waals surface area contributed by atoms with Crippen LogP contribution in [0, 0.1) is 5.92 Å². The van der Waals surface area contributed by atoms with Crippen LogP contribution in [0.3, 0.4) is 0 Å². The molecule has 0 aliphatic heterocycles. The number of hydrogen-bond acceptors (Lipinski definition) is 6. The summed E-state index contributed by atoms with van der Waals surface area (Å²) in [6.07, 6.45) is -1.01. The van der Waals surface area contributed by atoms with Crippen molar-refractivity contribution in [2.45, 2.75) is 64.4 Å². The molecule has 5 atom stereocenters. The average molecular weight is 437 g/mol. The van der Waals surface area contributed by atoms with Gasteiger partial charge < -0.3 is 31.9 Å². The molecule has 5 unspecified atom stereocenters. The summed E-state index contributed by atoms with van der Waals surface area (Å²) in [6, 6.07) is 4.68. The second-order valence-corrected chi connectivity index (χ2v) is 7.82. The van der Waals surface area contributed by atoms with E-state index in [0.717, 1.165) is 5.56 Å². The maximum absolute atomic E-state index is 12.8. The Hall–Kier alpha value is -2.98. The molecular formula is C21H32N4O6. The molecular weight excluding hydrogens is 404 g/mol. The molecule has 0 heterocycles. The Morgan fingerprint density at radius 3 is 1.87 bits per heavy atom. The van der Waals surface area contributed by atoms with Gasteiger partial charge in [-0.3, -0.25) is 19.2 Å². The predicted octanol–water partition coefficient (Wildman–Crippen LogP) is -0.848. The first-order chi connectivity index (χ1) is 14.4. The van der Waals surface area contributed by atoms with Crippen LogP contribution in [0.5, 0.6) is 0 Å². The van der Waals surface area contributed by atoms with Crippen LogP contribution in [0.2, 0.25) is 0 Å². The average Bonchev–Trinajstić information content (AvgIpc) is 2.69. The number of carboxylic acids is 1. The van der Waals surface area contributed by atoms with Gasteiger partial charge in [0.2, 0.25) is 17.7 Å². The molecule has 31 heavy (non-hydrogen) atoms. The maximum Gasteiger partial charge on any atom is 0.325 e. The van der Waals surface area contributed by atoms with E-state index >= 15 is 0 Å². The number of nitrogens with one attached hydrogen (secondary N) is 3. The number of carboxylic acid groups (broad SMARTS) is 1. The third-order valence-electron chi connectivity index (χ3n) is 4.67. The van der Waals surface area contributed by atoms with Crippen molar-refractivity contribution in [2.24, 2.45) is 11.7 Å². The lowest BCUT2D eigenvalue weighted by atomic mass is 10.0. The summed E-state index contributed by atoms with van der Waals surface area (Å²) in [5, 5.41) is 26.0. The van der Waals surface area contributed by atoms with Crippen molar-refractivity contribution in [1.82, 2.24) is 16.0 Å². The number of rotatable bonds is 11. The molecule has 0 saturated heterocycles. The number of carbonyl (C=O) groups is 4. The molecule has 0 aliphatic carbocycles. The molecule has 3 amide bonds. The summed E-state index contributed by atoms with van der Waals surface area (Å²) in [7, 11) is 0. The Bertz CT molecular complexity index is 768. The van der Waals surface area contributed by atoms with Crippen LogP contribution in [-0.2, 0) is 25.6 Å². The van der Waals surface area contributed by atoms with Crippen molar-refractivity contribution in [3.63, 3.8) is 0 Å². The van der Waals surface area contributed by atoms with Gasteiger partial charge in [-0.2, -0.15) is 0 Å². The molecule has 1 aromatic carbocycles. The number of nitrogens with two attached hydrogens (primary N) is 1. The van der Waals surface area contributed by atoms with Crippen molar-refractivity contribution in [1.29, 1.82) is 0 Å². The van der Waals surface area contributed by atoms with Crippen LogP contribution in [0.1, 0.15) is 33.3 Å². The topological polar surface area (TPSA) is 171 Å². The molecule has 0 fully saturated rings. The normalized spacial score (nSPS) is 15.8. The maximum atomic E-state index is 12.8. The van der Waals surface area contributed by atoms with E-state index in [1.807, 2.05) is 30.3 Å². The molecule has 10 heteroatoms. The Morgan fingerprint density at radius 1 is 0.871 bits per heavy atom. The highest BCUT2D eigenvalue weighted by Crippen LogP contribution is 2.07. The van der Waals surface area contributed by atoms with Gasteiger partial charge in [0.1, 0.15) is 18.1 Å². The smallest absolute Gasteiger partial charge is 0.325 e. The minimum absolute atomic E-state index is 0.283. The van der Waals surface area contributed by atoms with E-state index in [9.17, 15) is 24.3 Å². The summed E-state index contributed by atoms with van der Waals surface area (Å²) in [5.41, 5.74) is 6.84. The van der Waals surface area contributed by atoms with Gasteiger partial charge in [-0.1, -0.05) is 44.2 Å². The lowest BCUT2D eigenvalue weighted by molar-refractivity contribution is -0.142. The second-order valence-electron chi connectivity index (χ2n) is 7.82. The van der Waals surface area contributed by atoms with Crippen LogP contribution < -0.4 is 21.7 Å². The summed E-state index contributed by atoms with van der Waals surface area (Å²) in [4.78, 5) is 48.5. The highest BCUT2D eigenvalue weighted by atomic mass is 16.4. The first-order valence-electron chi connectivity index (χ1n) is 10.1. The fourth-order valence-electron chi connectivity index (χ4n) is 2.77. The zero-order valence-electron chi connectivity index (χ0n) is 18.2. The van der Waals surface area contributed by atoms with Crippen LogP contribution in [0.4, 0.5) is 0 Å². The molecule has 0 bridgehead atoms. The molecule has 0 spiro atoms. The van der Waals surface area contributed by atoms with Gasteiger partial charge in [0.05, 0.1) is 12.1 Å². The lowest BCUT2D eigenvalue weighted by Crippen LogP contribution is -2.60. The molecule has 10 nitrogen and oxygen atoms in total. The van der Waals surface area contributed by atoms with Gasteiger partial charge in [-0.15, -0.1) is 0 Å². The Kier molecular flexibility index (Phi) is 10.1. The minimum atomic E-state index is -1.40. The Morgan fingerprint density at radius 2 is 1.39 bits per heavy atom. The lowest BCUT2D eigenvalue weighted by Gasteiger charge is -2.27. The second kappa shape index (κ2) is 12.0. The van der Waals surface area contributed by atoms with Gasteiger partial charge >= 0.3 is 5.97 Å².